The van der Waals surface area contributed by atoms with E-state index < -0.39 is 5.88 Å². The number of aryl methyl sites for hydroxylation is 1. The minimum absolute atomic E-state index is 0.121. The number of halogens is 1. The van der Waals surface area contributed by atoms with Crippen LogP contribution in [0.1, 0.15) is 5.89 Å². The molecule has 0 amide bonds. The zero-order valence-corrected chi connectivity index (χ0v) is 12.9. The quantitative estimate of drug-likeness (QED) is 0.561. The number of nitrogen functional groups attached to an aromatic ring is 1. The van der Waals surface area contributed by atoms with Crippen LogP contribution in [0.3, 0.4) is 0 Å². The summed E-state index contributed by atoms with van der Waals surface area (Å²) >= 11 is 6.22. The van der Waals surface area contributed by atoms with Crippen molar-refractivity contribution < 1.29 is 13.9 Å². The van der Waals surface area contributed by atoms with Crippen LogP contribution in [0.5, 0.6) is 5.88 Å². The Morgan fingerprint density at radius 1 is 1.17 bits per heavy atom. The highest BCUT2D eigenvalue weighted by molar-refractivity contribution is 6.35. The lowest BCUT2D eigenvalue weighted by molar-refractivity contribution is 0.454. The molecule has 0 radical (unpaired) electrons. The average Bonchev–Trinajstić information content (AvgIpc) is 3.18. The van der Waals surface area contributed by atoms with Crippen molar-refractivity contribution in [3.05, 3.63) is 29.4 Å². The third-order valence-electron chi connectivity index (χ3n) is 3.30. The first kappa shape index (κ1) is 14.4. The largest absolute Gasteiger partial charge is 0.491 e. The van der Waals surface area contributed by atoms with Gasteiger partial charge in [0, 0.05) is 12.5 Å². The number of rotatable bonds is 2. The number of aromatic hydroxyl groups is 1. The highest BCUT2D eigenvalue weighted by Gasteiger charge is 2.21. The van der Waals surface area contributed by atoms with Gasteiger partial charge in [-0.2, -0.15) is 0 Å². The second kappa shape index (κ2) is 5.17. The molecule has 0 aliphatic heterocycles. The van der Waals surface area contributed by atoms with E-state index in [4.69, 9.17) is 26.2 Å². The minimum atomic E-state index is -0.418. The van der Waals surface area contributed by atoms with Crippen molar-refractivity contribution in [3.63, 3.8) is 0 Å². The van der Waals surface area contributed by atoms with Gasteiger partial charge in [-0.15, -0.1) is 10.2 Å². The highest BCUT2D eigenvalue weighted by atomic mass is 35.5. The van der Waals surface area contributed by atoms with Gasteiger partial charge in [-0.1, -0.05) is 11.6 Å². The first-order valence-corrected chi connectivity index (χ1v) is 7.11. The van der Waals surface area contributed by atoms with Crippen LogP contribution >= 0.6 is 11.6 Å². The lowest BCUT2D eigenvalue weighted by atomic mass is 10.1. The van der Waals surface area contributed by atoms with Crippen LogP contribution in [0.4, 0.5) is 5.82 Å². The molecule has 24 heavy (non-hydrogen) atoms. The Kier molecular flexibility index (Phi) is 3.10. The lowest BCUT2D eigenvalue weighted by Gasteiger charge is -2.08. The van der Waals surface area contributed by atoms with E-state index in [-0.39, 0.29) is 23.1 Å². The van der Waals surface area contributed by atoms with E-state index in [1.807, 2.05) is 0 Å². The smallest absolute Gasteiger partial charge is 0.268 e. The molecule has 120 valence electrons. The maximum atomic E-state index is 9.85. The standard InChI is InChI=1S/C14H9ClN6O3/c1-5-20-21-14(24-5)11-9(19-13(22)12(16)18-11)6-2-7(15)10-8(3-6)23-4-17-10/h2-4H,1H3,(H2,16,18)(H,19,22). The summed E-state index contributed by atoms with van der Waals surface area (Å²) in [5.41, 5.74) is 7.64. The van der Waals surface area contributed by atoms with Gasteiger partial charge in [-0.25, -0.2) is 15.0 Å². The Hall–Kier alpha value is -3.20. The normalized spacial score (nSPS) is 11.2. The van der Waals surface area contributed by atoms with Gasteiger partial charge in [-0.3, -0.25) is 0 Å². The fourth-order valence-electron chi connectivity index (χ4n) is 2.24. The topological polar surface area (TPSA) is 137 Å². The van der Waals surface area contributed by atoms with Gasteiger partial charge in [0.25, 0.3) is 11.8 Å². The lowest BCUT2D eigenvalue weighted by Crippen LogP contribution is -2.00. The maximum Gasteiger partial charge on any atom is 0.268 e. The van der Waals surface area contributed by atoms with Crippen LogP contribution in [0, 0.1) is 6.92 Å². The summed E-state index contributed by atoms with van der Waals surface area (Å²) < 4.78 is 10.7. The zero-order chi connectivity index (χ0) is 16.8. The molecule has 0 bridgehead atoms. The van der Waals surface area contributed by atoms with Crippen LogP contribution in [0.2, 0.25) is 5.02 Å². The molecule has 3 aromatic heterocycles. The van der Waals surface area contributed by atoms with E-state index >= 15 is 0 Å². The second-order valence-electron chi connectivity index (χ2n) is 4.91. The second-order valence-corrected chi connectivity index (χ2v) is 5.32. The molecule has 0 unspecified atom stereocenters. The predicted octanol–water partition coefficient (Wildman–Crippen LogP) is 2.58. The van der Waals surface area contributed by atoms with E-state index in [1.54, 1.807) is 19.1 Å². The molecule has 4 rings (SSSR count). The van der Waals surface area contributed by atoms with Crippen molar-refractivity contribution >= 4 is 28.5 Å². The Labute approximate surface area is 139 Å². The van der Waals surface area contributed by atoms with Crippen LogP contribution < -0.4 is 5.73 Å². The van der Waals surface area contributed by atoms with Gasteiger partial charge in [0.05, 0.1) is 5.02 Å². The molecule has 0 atom stereocenters. The van der Waals surface area contributed by atoms with Gasteiger partial charge in [0.1, 0.15) is 11.2 Å². The molecule has 0 saturated heterocycles. The third kappa shape index (κ3) is 2.22. The van der Waals surface area contributed by atoms with Gasteiger partial charge in [-0.05, 0) is 12.1 Å². The van der Waals surface area contributed by atoms with Gasteiger partial charge < -0.3 is 19.7 Å². The summed E-state index contributed by atoms with van der Waals surface area (Å²) in [6.45, 7) is 1.64. The molecule has 1 aromatic carbocycles. The number of oxazole rings is 1. The van der Waals surface area contributed by atoms with E-state index in [0.29, 0.717) is 27.6 Å². The molecule has 4 aromatic rings. The summed E-state index contributed by atoms with van der Waals surface area (Å²) in [6.07, 6.45) is 1.29. The molecule has 3 N–H and O–H groups in total. The number of anilines is 1. The van der Waals surface area contributed by atoms with E-state index in [9.17, 15) is 5.11 Å². The first-order valence-electron chi connectivity index (χ1n) is 6.73. The molecule has 0 spiro atoms. The average molecular weight is 345 g/mol. The van der Waals surface area contributed by atoms with Crippen LogP contribution in [-0.2, 0) is 0 Å². The zero-order valence-electron chi connectivity index (χ0n) is 12.2. The first-order chi connectivity index (χ1) is 11.5. The Bertz CT molecular complexity index is 1070. The molecule has 10 heteroatoms. The molecule has 0 aliphatic carbocycles. The van der Waals surface area contributed by atoms with Gasteiger partial charge in [0.15, 0.2) is 23.5 Å². The summed E-state index contributed by atoms with van der Waals surface area (Å²) in [6, 6.07) is 3.29. The van der Waals surface area contributed by atoms with E-state index in [0.717, 1.165) is 0 Å². The van der Waals surface area contributed by atoms with Crippen LogP contribution in [-0.4, -0.2) is 30.3 Å². The summed E-state index contributed by atoms with van der Waals surface area (Å²) in [7, 11) is 0. The van der Waals surface area contributed by atoms with Crippen molar-refractivity contribution in [3.8, 4) is 28.7 Å². The monoisotopic (exact) mass is 344 g/mol. The molecule has 0 fully saturated rings. The fraction of sp³-hybridized carbons (Fsp3) is 0.0714. The molecule has 3 heterocycles. The maximum absolute atomic E-state index is 9.85. The predicted molar refractivity (Wildman–Crippen MR) is 84.2 cm³/mol. The summed E-state index contributed by atoms with van der Waals surface area (Å²) in [4.78, 5) is 12.2. The van der Waals surface area contributed by atoms with Crippen molar-refractivity contribution in [2.24, 2.45) is 0 Å². The van der Waals surface area contributed by atoms with Gasteiger partial charge >= 0.3 is 0 Å². The van der Waals surface area contributed by atoms with Crippen LogP contribution in [0.15, 0.2) is 27.4 Å². The number of benzene rings is 1. The summed E-state index contributed by atoms with van der Waals surface area (Å²) in [5.74, 6) is -0.0983. The fourth-order valence-corrected chi connectivity index (χ4v) is 2.50. The van der Waals surface area contributed by atoms with Crippen molar-refractivity contribution in [1.29, 1.82) is 0 Å². The minimum Gasteiger partial charge on any atom is -0.491 e. The molecular formula is C14H9ClN6O3. The number of hydrogen-bond acceptors (Lipinski definition) is 9. The Morgan fingerprint density at radius 3 is 2.75 bits per heavy atom. The van der Waals surface area contributed by atoms with Crippen LogP contribution in [0.25, 0.3) is 33.9 Å². The number of nitrogens with zero attached hydrogens (tertiary/aromatic N) is 5. The number of fused-ring (bicyclic) bond motifs is 1. The number of hydrogen-bond donors (Lipinski definition) is 2. The molecular weight excluding hydrogens is 336 g/mol. The molecule has 9 nitrogen and oxygen atoms in total. The number of aromatic nitrogens is 5. The Balaban J connectivity index is 2.00. The Morgan fingerprint density at radius 2 is 2.00 bits per heavy atom. The van der Waals surface area contributed by atoms with E-state index in [1.165, 1.54) is 6.39 Å². The SMILES string of the molecule is Cc1nnc(-c2nc(N)c(O)nc2-c2cc(Cl)c3ncoc3c2)o1. The molecule has 0 saturated carbocycles. The van der Waals surface area contributed by atoms with Crippen molar-refractivity contribution in [2.75, 3.05) is 5.73 Å². The van der Waals surface area contributed by atoms with Gasteiger partial charge in [0.2, 0.25) is 5.89 Å². The highest BCUT2D eigenvalue weighted by Crippen LogP contribution is 2.35. The van der Waals surface area contributed by atoms with Crippen molar-refractivity contribution in [2.45, 2.75) is 6.92 Å². The summed E-state index contributed by atoms with van der Waals surface area (Å²) in [5, 5.41) is 17.9. The van der Waals surface area contributed by atoms with Crippen molar-refractivity contribution in [1.82, 2.24) is 25.1 Å². The third-order valence-corrected chi connectivity index (χ3v) is 3.58. The number of nitrogens with two attached hydrogens (primary N) is 1. The van der Waals surface area contributed by atoms with E-state index in [2.05, 4.69) is 25.1 Å². The molecule has 0 aliphatic rings.